The van der Waals surface area contributed by atoms with Gasteiger partial charge in [-0.2, -0.15) is 0 Å². The van der Waals surface area contributed by atoms with Crippen LogP contribution in [0.15, 0.2) is 53.1 Å². The lowest BCUT2D eigenvalue weighted by atomic mass is 10.0. The van der Waals surface area contributed by atoms with E-state index in [0.29, 0.717) is 27.7 Å². The van der Waals surface area contributed by atoms with Crippen LogP contribution in [0.5, 0.6) is 0 Å². The average molecular weight is 371 g/mol. The van der Waals surface area contributed by atoms with Gasteiger partial charge in [-0.15, -0.1) is 0 Å². The van der Waals surface area contributed by atoms with Gasteiger partial charge >= 0.3 is 6.09 Å². The number of hydrogen-bond acceptors (Lipinski definition) is 3. The highest BCUT2D eigenvalue weighted by molar-refractivity contribution is 6.31. The molecule has 0 bridgehead atoms. The first-order chi connectivity index (χ1) is 12.4. The molecule has 1 atom stereocenters. The number of amides is 1. The smallest absolute Gasteiger partial charge is 0.412 e. The van der Waals surface area contributed by atoms with Crippen molar-refractivity contribution < 1.29 is 14.4 Å². The molecule has 1 N–H and O–H groups in total. The van der Waals surface area contributed by atoms with Crippen molar-refractivity contribution in [2.75, 3.05) is 4.90 Å². The zero-order valence-electron chi connectivity index (χ0n) is 14.7. The molecule has 0 aliphatic heterocycles. The van der Waals surface area contributed by atoms with Crippen molar-refractivity contribution >= 4 is 23.4 Å². The Bertz CT molecular complexity index is 952. The molecular formula is C20H19ClN2O3. The quantitative estimate of drug-likeness (QED) is 0.624. The van der Waals surface area contributed by atoms with Crippen molar-refractivity contribution in [3.05, 3.63) is 70.4 Å². The van der Waals surface area contributed by atoms with Crippen molar-refractivity contribution in [3.63, 3.8) is 0 Å². The van der Waals surface area contributed by atoms with Gasteiger partial charge in [0.15, 0.2) is 5.76 Å². The van der Waals surface area contributed by atoms with Crippen LogP contribution < -0.4 is 4.90 Å². The Hall–Kier alpha value is -2.79. The molecule has 3 rings (SSSR count). The number of aromatic nitrogens is 1. The lowest BCUT2D eigenvalue weighted by molar-refractivity contribution is 0.199. The monoisotopic (exact) mass is 370 g/mol. The second kappa shape index (κ2) is 7.22. The van der Waals surface area contributed by atoms with Gasteiger partial charge in [0.25, 0.3) is 0 Å². The molecule has 0 radical (unpaired) electrons. The number of carbonyl (C=O) groups is 1. The van der Waals surface area contributed by atoms with Gasteiger partial charge in [-0.05, 0) is 38.5 Å². The normalized spacial score (nSPS) is 12.0. The van der Waals surface area contributed by atoms with Gasteiger partial charge in [0, 0.05) is 10.6 Å². The average Bonchev–Trinajstić information content (AvgIpc) is 2.96. The summed E-state index contributed by atoms with van der Waals surface area (Å²) >= 11 is 6.29. The van der Waals surface area contributed by atoms with E-state index >= 15 is 0 Å². The number of rotatable bonds is 4. The number of carboxylic acid groups (broad SMARTS) is 1. The second-order valence-corrected chi connectivity index (χ2v) is 6.57. The highest BCUT2D eigenvalue weighted by Crippen LogP contribution is 2.39. The zero-order chi connectivity index (χ0) is 18.8. The van der Waals surface area contributed by atoms with E-state index in [4.69, 9.17) is 16.1 Å². The number of aryl methyl sites for hydroxylation is 2. The molecule has 0 aliphatic rings. The molecule has 6 heteroatoms. The van der Waals surface area contributed by atoms with E-state index in [1.54, 1.807) is 19.9 Å². The summed E-state index contributed by atoms with van der Waals surface area (Å²) in [7, 11) is 0. The number of benzene rings is 2. The minimum atomic E-state index is -1.10. The maximum atomic E-state index is 12.1. The van der Waals surface area contributed by atoms with Crippen LogP contribution in [0.2, 0.25) is 5.02 Å². The van der Waals surface area contributed by atoms with Gasteiger partial charge in [-0.1, -0.05) is 58.7 Å². The van der Waals surface area contributed by atoms with Crippen LogP contribution in [-0.2, 0) is 0 Å². The van der Waals surface area contributed by atoms with Crippen LogP contribution in [0, 0.1) is 13.8 Å². The molecule has 0 fully saturated rings. The fourth-order valence-corrected chi connectivity index (χ4v) is 3.33. The van der Waals surface area contributed by atoms with Gasteiger partial charge in [-0.25, -0.2) is 4.79 Å². The molecule has 1 heterocycles. The summed E-state index contributed by atoms with van der Waals surface area (Å²) in [5, 5.41) is 14.5. The minimum absolute atomic E-state index is 0.424. The van der Waals surface area contributed by atoms with E-state index in [2.05, 4.69) is 5.16 Å². The molecular weight excluding hydrogens is 352 g/mol. The van der Waals surface area contributed by atoms with Crippen LogP contribution in [0.25, 0.3) is 11.3 Å². The summed E-state index contributed by atoms with van der Waals surface area (Å²) in [5.41, 5.74) is 3.47. The number of hydrogen-bond donors (Lipinski definition) is 1. The minimum Gasteiger partial charge on any atom is -0.465 e. The van der Waals surface area contributed by atoms with Crippen molar-refractivity contribution in [2.24, 2.45) is 0 Å². The first-order valence-corrected chi connectivity index (χ1v) is 8.58. The fraction of sp³-hybridized carbons (Fsp3) is 0.200. The van der Waals surface area contributed by atoms with Crippen molar-refractivity contribution in [3.8, 4) is 11.3 Å². The third-order valence-electron chi connectivity index (χ3n) is 4.30. The molecule has 1 amide bonds. The van der Waals surface area contributed by atoms with Crippen molar-refractivity contribution in [1.82, 2.24) is 5.16 Å². The molecule has 134 valence electrons. The van der Waals surface area contributed by atoms with Gasteiger partial charge in [0.05, 0.1) is 6.04 Å². The Labute approximate surface area is 156 Å². The maximum absolute atomic E-state index is 12.1. The number of nitrogens with zero attached hydrogens (tertiary/aromatic N) is 2. The van der Waals surface area contributed by atoms with Gasteiger partial charge in [0.2, 0.25) is 0 Å². The Kier molecular flexibility index (Phi) is 5.00. The molecule has 0 spiro atoms. The maximum Gasteiger partial charge on any atom is 0.412 e. The van der Waals surface area contributed by atoms with Crippen LogP contribution in [0.1, 0.15) is 29.8 Å². The molecule has 2 aromatic carbocycles. The third-order valence-corrected chi connectivity index (χ3v) is 4.65. The predicted octanol–water partition coefficient (Wildman–Crippen LogP) is 5.86. The van der Waals surface area contributed by atoms with Crippen LogP contribution >= 0.6 is 11.6 Å². The highest BCUT2D eigenvalue weighted by atomic mass is 35.5. The Morgan fingerprint density at radius 3 is 2.58 bits per heavy atom. The predicted molar refractivity (Wildman–Crippen MR) is 102 cm³/mol. The van der Waals surface area contributed by atoms with Crippen molar-refractivity contribution in [1.29, 1.82) is 0 Å². The lowest BCUT2D eigenvalue weighted by Gasteiger charge is -2.27. The van der Waals surface area contributed by atoms with E-state index in [0.717, 1.165) is 11.1 Å². The summed E-state index contributed by atoms with van der Waals surface area (Å²) in [4.78, 5) is 13.4. The molecule has 5 nitrogen and oxygen atoms in total. The van der Waals surface area contributed by atoms with Gasteiger partial charge in [-0.3, -0.25) is 4.90 Å². The van der Waals surface area contributed by atoms with E-state index in [1.807, 2.05) is 49.4 Å². The zero-order valence-corrected chi connectivity index (χ0v) is 15.5. The van der Waals surface area contributed by atoms with Crippen LogP contribution in [0.4, 0.5) is 10.5 Å². The molecule has 0 saturated heterocycles. The Morgan fingerprint density at radius 1 is 1.19 bits per heavy atom. The Balaban J connectivity index is 2.14. The first kappa shape index (κ1) is 18.0. The molecule has 0 aliphatic carbocycles. The standard InChI is InChI=1S/C20H19ClN2O3/c1-12-7-6-8-15(11-12)19-18(13(2)22-26-19)23(20(24)25)14(3)16-9-4-5-10-17(16)21/h4-11,14H,1-3H3,(H,24,25). The van der Waals surface area contributed by atoms with E-state index in [-0.39, 0.29) is 0 Å². The first-order valence-electron chi connectivity index (χ1n) is 8.20. The molecule has 26 heavy (non-hydrogen) atoms. The lowest BCUT2D eigenvalue weighted by Crippen LogP contribution is -2.33. The molecule has 1 aromatic heterocycles. The second-order valence-electron chi connectivity index (χ2n) is 6.17. The number of halogens is 1. The number of anilines is 1. The summed E-state index contributed by atoms with van der Waals surface area (Å²) < 4.78 is 5.50. The summed E-state index contributed by atoms with van der Waals surface area (Å²) in [6.07, 6.45) is -1.10. The fourth-order valence-electron chi connectivity index (χ4n) is 3.03. The highest BCUT2D eigenvalue weighted by Gasteiger charge is 2.31. The largest absolute Gasteiger partial charge is 0.465 e. The van der Waals surface area contributed by atoms with E-state index < -0.39 is 12.1 Å². The third kappa shape index (κ3) is 3.30. The van der Waals surface area contributed by atoms with Gasteiger partial charge in [0.1, 0.15) is 11.4 Å². The summed E-state index contributed by atoms with van der Waals surface area (Å²) in [5.74, 6) is 0.424. The van der Waals surface area contributed by atoms with Crippen molar-refractivity contribution in [2.45, 2.75) is 26.8 Å². The Morgan fingerprint density at radius 2 is 1.92 bits per heavy atom. The molecule has 3 aromatic rings. The summed E-state index contributed by atoms with van der Waals surface area (Å²) in [6, 6.07) is 14.4. The van der Waals surface area contributed by atoms with Crippen LogP contribution in [0.3, 0.4) is 0 Å². The van der Waals surface area contributed by atoms with E-state index in [9.17, 15) is 9.90 Å². The SMILES string of the molecule is Cc1cccc(-c2onc(C)c2N(C(=O)O)C(C)c2ccccc2Cl)c1. The molecule has 0 saturated carbocycles. The van der Waals surface area contributed by atoms with Crippen LogP contribution in [-0.4, -0.2) is 16.4 Å². The topological polar surface area (TPSA) is 66.6 Å². The molecule has 1 unspecified atom stereocenters. The summed E-state index contributed by atoms with van der Waals surface area (Å²) in [6.45, 7) is 5.49. The van der Waals surface area contributed by atoms with E-state index in [1.165, 1.54) is 4.90 Å². The van der Waals surface area contributed by atoms with Gasteiger partial charge < -0.3 is 9.63 Å².